The molecule has 0 aromatic rings. The second kappa shape index (κ2) is 77.0. The molecule has 0 bridgehead atoms. The largest absolute Gasteiger partial charge is 3.00 e. The molecule has 0 saturated heterocycles. The van der Waals surface area contributed by atoms with Crippen LogP contribution in [0.1, 0.15) is 0 Å². The summed E-state index contributed by atoms with van der Waals surface area (Å²) in [6, 6.07) is 0. The SMILES string of the molecule is O=C([O-])[O-].O=C([O-])[O-].O=C([O-])[O-].O=C([O-])[O-].O=C([O-])[O-].O=C([O-])[O-].O=C([O-])[O-].[Al+3].[Al+3].[Mg+2].[Mg+2].[Zn+2].[Zn+2]. The first-order valence-electron chi connectivity index (χ1n) is 4.29. The van der Waals surface area contributed by atoms with Crippen LogP contribution in [-0.4, -0.2) is 124 Å². The number of carboxylic acid groups (broad SMARTS) is 14. The van der Waals surface area contributed by atoms with E-state index in [1.165, 1.54) is 0 Å². The summed E-state index contributed by atoms with van der Waals surface area (Å²) in [5, 5.41) is 117. The third kappa shape index (κ3) is 17000. The van der Waals surface area contributed by atoms with Gasteiger partial charge in [-0.3, -0.25) is 0 Å². The van der Waals surface area contributed by atoms with E-state index in [-0.39, 0.29) is 120 Å². The molecule has 0 spiro atoms. The molecular formula is C7Al2Mg2O21Zn2. The van der Waals surface area contributed by atoms with E-state index in [4.69, 9.17) is 105 Å². The quantitative estimate of drug-likeness (QED) is 0.219. The van der Waals surface area contributed by atoms with Crippen LogP contribution in [0.5, 0.6) is 0 Å². The van der Waals surface area contributed by atoms with Crippen molar-refractivity contribution in [3.63, 3.8) is 0 Å². The van der Waals surface area contributed by atoms with Crippen molar-refractivity contribution in [3.8, 4) is 0 Å². The van der Waals surface area contributed by atoms with E-state index in [0.717, 1.165) is 0 Å². The molecule has 0 aliphatic carbocycles. The van der Waals surface area contributed by atoms with Crippen LogP contribution in [0.2, 0.25) is 0 Å². The molecule has 0 saturated carbocycles. The maximum Gasteiger partial charge on any atom is 3.00 e. The van der Waals surface area contributed by atoms with E-state index < -0.39 is 43.1 Å². The summed E-state index contributed by atoms with van der Waals surface area (Å²) in [7, 11) is 0. The summed E-state index contributed by atoms with van der Waals surface area (Å²) in [4.78, 5) is 58.3. The Kier molecular flexibility index (Phi) is 192. The van der Waals surface area contributed by atoms with Gasteiger partial charge in [-0.2, -0.15) is 0 Å². The van der Waals surface area contributed by atoms with Crippen LogP contribution in [-0.2, 0) is 39.0 Å². The Morgan fingerprint density at radius 2 is 0.265 bits per heavy atom. The molecule has 0 fully saturated rings. The van der Waals surface area contributed by atoms with E-state index in [9.17, 15) is 0 Å². The van der Waals surface area contributed by atoms with Crippen molar-refractivity contribution in [2.75, 3.05) is 0 Å². The Balaban J connectivity index is -0.0000000134. The van der Waals surface area contributed by atoms with Crippen LogP contribution in [0.4, 0.5) is 33.6 Å². The molecular weight excluding hydrogens is 653 g/mol. The molecule has 0 unspecified atom stereocenters. The van der Waals surface area contributed by atoms with Crippen molar-refractivity contribution in [3.05, 3.63) is 0 Å². The minimum absolute atomic E-state index is 0. The standard InChI is InChI=1S/7CH2O3.2Al.2Mg.2Zn/c7*2-1(3)4;;;;;;/h7*(H2,2,3,4);;;;;;/q;;;;;;;2*+3;4*+2/p-14. The Labute approximate surface area is 265 Å². The van der Waals surface area contributed by atoms with Crippen molar-refractivity contribution >= 4 is 124 Å². The average Bonchev–Trinajstić information content (AvgIpc) is 2.20. The molecule has 168 valence electrons. The molecule has 0 aromatic carbocycles. The van der Waals surface area contributed by atoms with Gasteiger partial charge >= 0.3 is 120 Å². The van der Waals surface area contributed by atoms with Crippen LogP contribution in [0.15, 0.2) is 0 Å². The molecule has 21 nitrogen and oxygen atoms in total. The van der Waals surface area contributed by atoms with Gasteiger partial charge in [0.15, 0.2) is 0 Å². The molecule has 0 amide bonds. The first-order valence-corrected chi connectivity index (χ1v) is 4.29. The van der Waals surface area contributed by atoms with Crippen molar-refractivity contribution in [1.82, 2.24) is 0 Å². The molecule has 0 rings (SSSR count). The Hall–Kier alpha value is -1.27. The predicted octanol–water partition coefficient (Wildman–Crippen LogP) is -18.7. The maximum absolute atomic E-state index is 8.33. The summed E-state index contributed by atoms with van der Waals surface area (Å²) < 4.78 is 0. The summed E-state index contributed by atoms with van der Waals surface area (Å²) in [5.74, 6) is 0. The number of carbonyl (C=O) groups excluding carboxylic acids is 7. The fourth-order valence-electron chi connectivity index (χ4n) is 0. The average molecular weight is 653 g/mol. The third-order valence-corrected chi connectivity index (χ3v) is 0. The van der Waals surface area contributed by atoms with Crippen LogP contribution < -0.4 is 71.5 Å². The van der Waals surface area contributed by atoms with Crippen LogP contribution in [0, 0.1) is 0 Å². The van der Waals surface area contributed by atoms with Gasteiger partial charge in [0, 0.05) is 0 Å². The van der Waals surface area contributed by atoms with Gasteiger partial charge < -0.3 is 105 Å². The summed E-state index contributed by atoms with van der Waals surface area (Å²) in [6.45, 7) is 0. The summed E-state index contributed by atoms with van der Waals surface area (Å²) in [6.07, 6.45) is -16.3. The Bertz CT molecular complexity index is 334. The molecule has 0 aliphatic heterocycles. The van der Waals surface area contributed by atoms with Crippen molar-refractivity contribution < 1.29 is 144 Å². The Morgan fingerprint density at radius 1 is 0.265 bits per heavy atom. The van der Waals surface area contributed by atoms with Gasteiger partial charge in [0.1, 0.15) is 0 Å². The van der Waals surface area contributed by atoms with Gasteiger partial charge in [-0.05, 0) is 43.1 Å². The van der Waals surface area contributed by atoms with Gasteiger partial charge in [-0.1, -0.05) is 0 Å². The van der Waals surface area contributed by atoms with Gasteiger partial charge in [0.2, 0.25) is 0 Å². The number of hydrogen-bond acceptors (Lipinski definition) is 21. The minimum atomic E-state index is -2.33. The number of hydrogen-bond donors (Lipinski definition) is 0. The van der Waals surface area contributed by atoms with Gasteiger partial charge in [-0.15, -0.1) is 0 Å². The van der Waals surface area contributed by atoms with Crippen molar-refractivity contribution in [1.29, 1.82) is 0 Å². The molecule has 0 aromatic heterocycles. The molecule has 0 aliphatic rings. The maximum atomic E-state index is 8.33. The second-order valence-electron chi connectivity index (χ2n) is 1.75. The fourth-order valence-corrected chi connectivity index (χ4v) is 0. The Morgan fingerprint density at radius 3 is 0.265 bits per heavy atom. The van der Waals surface area contributed by atoms with E-state index in [0.29, 0.717) is 0 Å². The van der Waals surface area contributed by atoms with E-state index >= 15 is 0 Å². The molecule has 0 N–H and O–H groups in total. The zero-order chi connectivity index (χ0) is 25.0. The summed E-state index contributed by atoms with van der Waals surface area (Å²) in [5.41, 5.74) is 0. The van der Waals surface area contributed by atoms with Crippen molar-refractivity contribution in [2.24, 2.45) is 0 Å². The third-order valence-electron chi connectivity index (χ3n) is 0. The van der Waals surface area contributed by atoms with E-state index in [1.54, 1.807) is 0 Å². The zero-order valence-corrected chi connectivity index (χ0v) is 27.1. The van der Waals surface area contributed by atoms with Crippen LogP contribution in [0.25, 0.3) is 0 Å². The minimum Gasteiger partial charge on any atom is -0.652 e. The van der Waals surface area contributed by atoms with E-state index in [1.807, 2.05) is 0 Å². The monoisotopic (exact) mass is 650 g/mol. The van der Waals surface area contributed by atoms with Gasteiger partial charge in [0.05, 0.1) is 0 Å². The first-order chi connectivity index (χ1) is 12.1. The smallest absolute Gasteiger partial charge is 0.652 e. The van der Waals surface area contributed by atoms with Crippen LogP contribution in [0.3, 0.4) is 0 Å². The fraction of sp³-hybridized carbons (Fsp3) is 0. The molecule has 0 radical (unpaired) electrons. The van der Waals surface area contributed by atoms with E-state index in [2.05, 4.69) is 0 Å². The number of carbonyl (C=O) groups is 7. The predicted molar refractivity (Wildman–Crippen MR) is 60.8 cm³/mol. The van der Waals surface area contributed by atoms with Gasteiger partial charge in [0.25, 0.3) is 0 Å². The molecule has 27 heteroatoms. The van der Waals surface area contributed by atoms with Crippen LogP contribution >= 0.6 is 0 Å². The van der Waals surface area contributed by atoms with Gasteiger partial charge in [-0.25, -0.2) is 0 Å². The normalized spacial score (nSPS) is 4.94. The first kappa shape index (κ1) is 84.6. The topological polar surface area (TPSA) is 442 Å². The molecule has 0 heterocycles. The zero-order valence-electron chi connectivity index (χ0n) is 16.1. The number of rotatable bonds is 0. The second-order valence-corrected chi connectivity index (χ2v) is 1.75. The summed E-state index contributed by atoms with van der Waals surface area (Å²) >= 11 is 0. The van der Waals surface area contributed by atoms with Crippen molar-refractivity contribution in [2.45, 2.75) is 0 Å². The molecule has 34 heavy (non-hydrogen) atoms. The molecule has 0 atom stereocenters.